The van der Waals surface area contributed by atoms with E-state index in [4.69, 9.17) is 4.74 Å². The minimum absolute atomic E-state index is 0.0186. The molecule has 3 heterocycles. The van der Waals surface area contributed by atoms with Crippen molar-refractivity contribution in [1.82, 2.24) is 10.3 Å². The normalized spacial score (nSPS) is 16.5. The molecule has 4 rings (SSSR count). The smallest absolute Gasteiger partial charge is 0.247 e. The van der Waals surface area contributed by atoms with Crippen molar-refractivity contribution in [2.45, 2.75) is 38.3 Å². The number of aryl methyl sites for hydroxylation is 1. The van der Waals surface area contributed by atoms with Crippen LogP contribution in [0.15, 0.2) is 66.3 Å². The number of ether oxygens (including phenoxy) is 1. The molecule has 0 aliphatic carbocycles. The number of anilines is 1. The van der Waals surface area contributed by atoms with E-state index in [0.717, 1.165) is 35.5 Å². The van der Waals surface area contributed by atoms with Gasteiger partial charge < -0.3 is 10.1 Å². The number of nitrogens with zero attached hydrogens (tertiary/aromatic N) is 2. The molecule has 1 aliphatic rings. The van der Waals surface area contributed by atoms with Gasteiger partial charge in [-0.3, -0.25) is 19.5 Å². The Labute approximate surface area is 192 Å². The van der Waals surface area contributed by atoms with Crippen LogP contribution in [-0.2, 0) is 20.7 Å². The molecule has 32 heavy (non-hydrogen) atoms. The monoisotopic (exact) mass is 449 g/mol. The highest BCUT2D eigenvalue weighted by molar-refractivity contribution is 7.10. The molecule has 0 saturated carbocycles. The number of amides is 2. The molecule has 0 spiro atoms. The average Bonchev–Trinajstić information content (AvgIpc) is 3.51. The number of nitrogens with one attached hydrogen (secondary N) is 1. The highest BCUT2D eigenvalue weighted by atomic mass is 32.1. The van der Waals surface area contributed by atoms with Crippen molar-refractivity contribution < 1.29 is 14.3 Å². The molecular formula is C25H27N3O3S. The Morgan fingerprint density at radius 1 is 1.22 bits per heavy atom. The first-order valence-electron chi connectivity index (χ1n) is 10.8. The largest absolute Gasteiger partial charge is 0.376 e. The summed E-state index contributed by atoms with van der Waals surface area (Å²) in [5, 5.41) is 4.99. The number of carbonyl (C=O) groups excluding carboxylic acids is 2. The van der Waals surface area contributed by atoms with E-state index in [1.807, 2.05) is 54.8 Å². The van der Waals surface area contributed by atoms with Crippen LogP contribution in [-0.4, -0.2) is 36.1 Å². The third-order valence-electron chi connectivity index (χ3n) is 5.62. The van der Waals surface area contributed by atoms with Crippen molar-refractivity contribution in [3.05, 3.63) is 82.3 Å². The molecule has 2 unspecified atom stereocenters. The third kappa shape index (κ3) is 5.23. The molecule has 2 aromatic heterocycles. The molecule has 1 saturated heterocycles. The van der Waals surface area contributed by atoms with Gasteiger partial charge in [-0.1, -0.05) is 30.3 Å². The molecule has 1 aromatic carbocycles. The Bertz CT molecular complexity index is 1030. The molecule has 0 bridgehead atoms. The summed E-state index contributed by atoms with van der Waals surface area (Å²) in [6, 6.07) is 14.3. The van der Waals surface area contributed by atoms with Crippen LogP contribution in [0.4, 0.5) is 5.69 Å². The highest BCUT2D eigenvalue weighted by Crippen LogP contribution is 2.30. The first-order valence-corrected chi connectivity index (χ1v) is 11.7. The summed E-state index contributed by atoms with van der Waals surface area (Å²) in [5.41, 5.74) is 2.33. The second kappa shape index (κ2) is 10.5. The fourth-order valence-electron chi connectivity index (χ4n) is 3.99. The fourth-order valence-corrected chi connectivity index (χ4v) is 4.68. The number of thiophene rings is 1. The molecular weight excluding hydrogens is 422 g/mol. The second-order valence-corrected chi connectivity index (χ2v) is 8.90. The maximum absolute atomic E-state index is 13.6. The molecule has 0 radical (unpaired) electrons. The molecule has 1 N–H and O–H groups in total. The Hall–Kier alpha value is -3.03. The summed E-state index contributed by atoms with van der Waals surface area (Å²) in [6.45, 7) is 3.12. The summed E-state index contributed by atoms with van der Waals surface area (Å²) in [5.74, 6) is -0.376. The van der Waals surface area contributed by atoms with Gasteiger partial charge in [0.2, 0.25) is 11.8 Å². The van der Waals surface area contributed by atoms with Crippen molar-refractivity contribution in [2.24, 2.45) is 0 Å². The summed E-state index contributed by atoms with van der Waals surface area (Å²) in [4.78, 5) is 33.9. The van der Waals surface area contributed by atoms with E-state index in [1.165, 1.54) is 11.3 Å². The lowest BCUT2D eigenvalue weighted by molar-refractivity contribution is -0.126. The molecule has 7 heteroatoms. The molecule has 2 amide bonds. The van der Waals surface area contributed by atoms with E-state index in [-0.39, 0.29) is 24.3 Å². The predicted molar refractivity (Wildman–Crippen MR) is 126 cm³/mol. The lowest BCUT2D eigenvalue weighted by Crippen LogP contribution is -2.46. The zero-order chi connectivity index (χ0) is 22.3. The minimum Gasteiger partial charge on any atom is -0.376 e. The Morgan fingerprint density at radius 2 is 2.09 bits per heavy atom. The number of hydrogen-bond donors (Lipinski definition) is 1. The topological polar surface area (TPSA) is 71.5 Å². The SMILES string of the molecule is Cc1ccccc1C(C(=O)NCC1CCCO1)N(C(=O)Cc1cccs1)c1cccnc1. The van der Waals surface area contributed by atoms with Crippen LogP contribution in [0.3, 0.4) is 0 Å². The lowest BCUT2D eigenvalue weighted by Gasteiger charge is -2.32. The van der Waals surface area contributed by atoms with Crippen LogP contribution in [0.25, 0.3) is 0 Å². The zero-order valence-corrected chi connectivity index (χ0v) is 18.9. The van der Waals surface area contributed by atoms with Crippen molar-refractivity contribution in [3.63, 3.8) is 0 Å². The minimum atomic E-state index is -0.811. The van der Waals surface area contributed by atoms with Crippen molar-refractivity contribution >= 4 is 28.8 Å². The van der Waals surface area contributed by atoms with Crippen LogP contribution in [0.1, 0.15) is 34.9 Å². The molecule has 6 nitrogen and oxygen atoms in total. The standard InChI is InChI=1S/C25H27N3O3S/c1-18-7-2-3-11-22(18)24(25(30)27-17-20-9-5-13-31-20)28(19-8-4-12-26-16-19)23(29)15-21-10-6-14-32-21/h2-4,6-8,10-12,14,16,20,24H,5,9,13,15,17H2,1H3,(H,27,30). The number of carbonyl (C=O) groups is 2. The van der Waals surface area contributed by atoms with E-state index in [2.05, 4.69) is 10.3 Å². The van der Waals surface area contributed by atoms with Crippen LogP contribution < -0.4 is 10.2 Å². The Balaban J connectivity index is 1.70. The molecule has 1 aliphatic heterocycles. The average molecular weight is 450 g/mol. The lowest BCUT2D eigenvalue weighted by atomic mass is 9.98. The first-order chi connectivity index (χ1) is 15.6. The van der Waals surface area contributed by atoms with Gasteiger partial charge in [0.15, 0.2) is 0 Å². The van der Waals surface area contributed by atoms with Gasteiger partial charge in [0, 0.05) is 24.2 Å². The van der Waals surface area contributed by atoms with Gasteiger partial charge in [-0.2, -0.15) is 0 Å². The Morgan fingerprint density at radius 3 is 2.78 bits per heavy atom. The van der Waals surface area contributed by atoms with Gasteiger partial charge in [0.25, 0.3) is 0 Å². The van der Waals surface area contributed by atoms with Gasteiger partial charge in [0.1, 0.15) is 6.04 Å². The van der Waals surface area contributed by atoms with E-state index in [0.29, 0.717) is 12.2 Å². The molecule has 166 valence electrons. The van der Waals surface area contributed by atoms with E-state index < -0.39 is 6.04 Å². The van der Waals surface area contributed by atoms with Crippen molar-refractivity contribution in [1.29, 1.82) is 0 Å². The third-order valence-corrected chi connectivity index (χ3v) is 6.49. The van der Waals surface area contributed by atoms with Gasteiger partial charge in [-0.15, -0.1) is 11.3 Å². The zero-order valence-electron chi connectivity index (χ0n) is 18.1. The number of pyridine rings is 1. The van der Waals surface area contributed by atoms with E-state index in [9.17, 15) is 9.59 Å². The number of aromatic nitrogens is 1. The van der Waals surface area contributed by atoms with Crippen molar-refractivity contribution in [3.8, 4) is 0 Å². The maximum atomic E-state index is 13.6. The molecule has 2 atom stereocenters. The van der Waals surface area contributed by atoms with Crippen LogP contribution in [0, 0.1) is 6.92 Å². The quantitative estimate of drug-likeness (QED) is 0.563. The molecule has 1 fully saturated rings. The van der Waals surface area contributed by atoms with Gasteiger partial charge in [-0.25, -0.2) is 0 Å². The number of hydrogen-bond acceptors (Lipinski definition) is 5. The van der Waals surface area contributed by atoms with Gasteiger partial charge in [-0.05, 0) is 54.5 Å². The van der Waals surface area contributed by atoms with E-state index >= 15 is 0 Å². The predicted octanol–water partition coefficient (Wildman–Crippen LogP) is 4.06. The van der Waals surface area contributed by atoms with Crippen LogP contribution in [0.5, 0.6) is 0 Å². The summed E-state index contributed by atoms with van der Waals surface area (Å²) in [7, 11) is 0. The fraction of sp³-hybridized carbons (Fsp3) is 0.320. The Kier molecular flexibility index (Phi) is 7.29. The summed E-state index contributed by atoms with van der Waals surface area (Å²) < 4.78 is 5.67. The highest BCUT2D eigenvalue weighted by Gasteiger charge is 2.34. The first kappa shape index (κ1) is 22.2. The number of rotatable bonds is 8. The van der Waals surface area contributed by atoms with Crippen LogP contribution in [0.2, 0.25) is 0 Å². The number of benzene rings is 1. The van der Waals surface area contributed by atoms with Crippen LogP contribution >= 0.6 is 11.3 Å². The summed E-state index contributed by atoms with van der Waals surface area (Å²) >= 11 is 1.53. The second-order valence-electron chi connectivity index (χ2n) is 7.87. The van der Waals surface area contributed by atoms with Crippen molar-refractivity contribution in [2.75, 3.05) is 18.1 Å². The van der Waals surface area contributed by atoms with Gasteiger partial charge >= 0.3 is 0 Å². The van der Waals surface area contributed by atoms with Gasteiger partial charge in [0.05, 0.1) is 24.4 Å². The summed E-state index contributed by atoms with van der Waals surface area (Å²) in [6.07, 6.45) is 5.46. The maximum Gasteiger partial charge on any atom is 0.247 e. The van der Waals surface area contributed by atoms with E-state index in [1.54, 1.807) is 23.4 Å². The molecule has 3 aromatic rings.